The lowest BCUT2D eigenvalue weighted by molar-refractivity contribution is -0.118. The van der Waals surface area contributed by atoms with Gasteiger partial charge in [0.05, 0.1) is 12.5 Å². The molecule has 5 nitrogen and oxygen atoms in total. The number of carbonyl (C=O) groups excluding carboxylic acids is 1. The van der Waals surface area contributed by atoms with Crippen LogP contribution in [0.4, 0.5) is 0 Å². The van der Waals surface area contributed by atoms with Gasteiger partial charge in [-0.1, -0.05) is 60.7 Å². The summed E-state index contributed by atoms with van der Waals surface area (Å²) in [7, 11) is 0. The minimum atomic E-state index is -0.278. The zero-order valence-electron chi connectivity index (χ0n) is 17.6. The van der Waals surface area contributed by atoms with Gasteiger partial charge >= 0.3 is 0 Å². The maximum absolute atomic E-state index is 11.8. The van der Waals surface area contributed by atoms with Gasteiger partial charge in [-0.05, 0) is 47.5 Å². The van der Waals surface area contributed by atoms with Gasteiger partial charge in [0.1, 0.15) is 17.2 Å². The zero-order chi connectivity index (χ0) is 22.2. The average molecular weight is 422 g/mol. The van der Waals surface area contributed by atoms with E-state index < -0.39 is 0 Å². The Morgan fingerprint density at radius 3 is 1.56 bits per heavy atom. The molecule has 0 saturated heterocycles. The number of benzene rings is 2. The van der Waals surface area contributed by atoms with Crippen molar-refractivity contribution in [1.82, 2.24) is 5.43 Å². The number of carbonyl (C=O) groups is 1. The number of nitrogens with one attached hydrogen (secondary N) is 1. The number of hydrogen-bond donors (Lipinski definition) is 1. The summed E-state index contributed by atoms with van der Waals surface area (Å²) in [6.45, 7) is 1.42. The average Bonchev–Trinajstić information content (AvgIpc) is 3.53. The third-order valence-electron chi connectivity index (χ3n) is 4.63. The number of rotatable bonds is 7. The summed E-state index contributed by atoms with van der Waals surface area (Å²) >= 11 is 0. The lowest BCUT2D eigenvalue weighted by atomic mass is 9.95. The van der Waals surface area contributed by atoms with Crippen LogP contribution in [-0.2, 0) is 4.79 Å². The maximum atomic E-state index is 11.8. The van der Waals surface area contributed by atoms with E-state index >= 15 is 0 Å². The van der Waals surface area contributed by atoms with Gasteiger partial charge in [-0.2, -0.15) is 5.10 Å². The molecule has 0 saturated carbocycles. The van der Waals surface area contributed by atoms with E-state index in [1.54, 1.807) is 12.5 Å². The third kappa shape index (κ3) is 5.21. The highest BCUT2D eigenvalue weighted by Gasteiger charge is 2.21. The van der Waals surface area contributed by atoms with Crippen molar-refractivity contribution in [3.63, 3.8) is 0 Å². The molecular weight excluding hydrogens is 400 g/mol. The first kappa shape index (κ1) is 20.9. The maximum Gasteiger partial charge on any atom is 0.236 e. The lowest BCUT2D eigenvalue weighted by Crippen LogP contribution is -2.17. The summed E-state index contributed by atoms with van der Waals surface area (Å²) in [5, 5.41) is 4.49. The Morgan fingerprint density at radius 2 is 1.19 bits per heavy atom. The van der Waals surface area contributed by atoms with E-state index in [1.165, 1.54) is 6.92 Å². The van der Waals surface area contributed by atoms with Crippen LogP contribution in [-0.4, -0.2) is 11.6 Å². The lowest BCUT2D eigenvalue weighted by Gasteiger charge is -2.13. The molecule has 1 amide bonds. The van der Waals surface area contributed by atoms with E-state index in [9.17, 15) is 4.79 Å². The number of furan rings is 2. The van der Waals surface area contributed by atoms with Crippen molar-refractivity contribution in [3.05, 3.63) is 120 Å². The zero-order valence-corrected chi connectivity index (χ0v) is 17.6. The molecule has 0 radical (unpaired) electrons. The largest absolute Gasteiger partial charge is 0.464 e. The molecule has 2 heterocycles. The fourth-order valence-corrected chi connectivity index (χ4v) is 3.21. The van der Waals surface area contributed by atoms with Gasteiger partial charge < -0.3 is 8.83 Å². The van der Waals surface area contributed by atoms with Crippen molar-refractivity contribution in [2.75, 3.05) is 0 Å². The summed E-state index contributed by atoms with van der Waals surface area (Å²) in [4.78, 5) is 11.8. The summed E-state index contributed by atoms with van der Waals surface area (Å²) < 4.78 is 11.5. The molecule has 1 N–H and O–H groups in total. The Bertz CT molecular complexity index is 1150. The predicted octanol–water partition coefficient (Wildman–Crippen LogP) is 6.15. The van der Waals surface area contributed by atoms with Crippen molar-refractivity contribution in [2.45, 2.75) is 6.92 Å². The van der Waals surface area contributed by atoms with Gasteiger partial charge in [-0.15, -0.1) is 0 Å². The van der Waals surface area contributed by atoms with E-state index in [0.717, 1.165) is 11.1 Å². The highest BCUT2D eigenvalue weighted by atomic mass is 16.3. The SMILES string of the molecule is CC(=O)NN=C(C(=Cc1ccccc1)c1ccco1)C(=Cc1ccccc1)c1ccco1. The molecule has 158 valence electrons. The third-order valence-corrected chi connectivity index (χ3v) is 4.63. The van der Waals surface area contributed by atoms with Gasteiger partial charge in [0, 0.05) is 18.1 Å². The van der Waals surface area contributed by atoms with Crippen LogP contribution in [0.2, 0.25) is 0 Å². The molecule has 2 aromatic heterocycles. The Balaban J connectivity index is 1.95. The van der Waals surface area contributed by atoms with Crippen LogP contribution >= 0.6 is 0 Å². The summed E-state index contributed by atoms with van der Waals surface area (Å²) in [6.07, 6.45) is 7.16. The van der Waals surface area contributed by atoms with Crippen LogP contribution in [0, 0.1) is 0 Å². The normalized spacial score (nSPS) is 11.8. The van der Waals surface area contributed by atoms with E-state index in [0.29, 0.717) is 28.4 Å². The molecule has 0 aliphatic heterocycles. The fourth-order valence-electron chi connectivity index (χ4n) is 3.21. The number of amides is 1. The smallest absolute Gasteiger partial charge is 0.236 e. The number of hydrogen-bond acceptors (Lipinski definition) is 4. The molecule has 4 rings (SSSR count). The van der Waals surface area contributed by atoms with E-state index in [4.69, 9.17) is 8.83 Å². The predicted molar refractivity (Wildman–Crippen MR) is 127 cm³/mol. The first-order valence-corrected chi connectivity index (χ1v) is 10.2. The van der Waals surface area contributed by atoms with Gasteiger partial charge in [-0.3, -0.25) is 4.79 Å². The first-order valence-electron chi connectivity index (χ1n) is 10.2. The van der Waals surface area contributed by atoms with Crippen LogP contribution in [0.5, 0.6) is 0 Å². The van der Waals surface area contributed by atoms with Gasteiger partial charge in [0.2, 0.25) is 5.91 Å². The first-order chi connectivity index (χ1) is 15.7. The minimum absolute atomic E-state index is 0.278. The van der Waals surface area contributed by atoms with E-state index in [-0.39, 0.29) is 5.91 Å². The Morgan fingerprint density at radius 1 is 0.719 bits per heavy atom. The monoisotopic (exact) mass is 422 g/mol. The molecule has 0 fully saturated rings. The molecule has 0 bridgehead atoms. The quantitative estimate of drug-likeness (QED) is 0.287. The molecule has 0 atom stereocenters. The fraction of sp³-hybridized carbons (Fsp3) is 0.0370. The summed E-state index contributed by atoms with van der Waals surface area (Å²) in [6, 6.07) is 27.1. The Hall–Kier alpha value is -4.38. The van der Waals surface area contributed by atoms with Crippen molar-refractivity contribution in [1.29, 1.82) is 0 Å². The highest BCUT2D eigenvalue weighted by Crippen LogP contribution is 2.30. The molecule has 0 spiro atoms. The second-order valence-corrected chi connectivity index (χ2v) is 7.02. The standard InChI is InChI=1S/C27H22N2O3/c1-20(30)28-29-27(23(25-14-8-16-31-25)18-21-10-4-2-5-11-21)24(26-15-9-17-32-26)19-22-12-6-3-7-13-22/h2-19H,1H3,(H,28,30). The van der Waals surface area contributed by atoms with Gasteiger partial charge in [-0.25, -0.2) is 5.43 Å². The molecular formula is C27H22N2O3. The van der Waals surface area contributed by atoms with Gasteiger partial charge in [0.25, 0.3) is 0 Å². The molecule has 0 unspecified atom stereocenters. The summed E-state index contributed by atoms with van der Waals surface area (Å²) in [5.41, 5.74) is 6.43. The van der Waals surface area contributed by atoms with Crippen LogP contribution in [0.15, 0.2) is 111 Å². The van der Waals surface area contributed by atoms with Crippen LogP contribution in [0.1, 0.15) is 29.6 Å². The Labute approximate surface area is 186 Å². The molecule has 5 heteroatoms. The van der Waals surface area contributed by atoms with Crippen LogP contribution < -0.4 is 5.43 Å². The number of nitrogens with zero attached hydrogens (tertiary/aromatic N) is 1. The molecule has 32 heavy (non-hydrogen) atoms. The van der Waals surface area contributed by atoms with E-state index in [2.05, 4.69) is 10.5 Å². The van der Waals surface area contributed by atoms with Crippen LogP contribution in [0.3, 0.4) is 0 Å². The van der Waals surface area contributed by atoms with Gasteiger partial charge in [0.15, 0.2) is 0 Å². The topological polar surface area (TPSA) is 67.7 Å². The highest BCUT2D eigenvalue weighted by molar-refractivity contribution is 6.48. The molecule has 0 aliphatic carbocycles. The number of hydrazone groups is 1. The second-order valence-electron chi connectivity index (χ2n) is 7.02. The molecule has 4 aromatic rings. The minimum Gasteiger partial charge on any atom is -0.464 e. The molecule has 0 aliphatic rings. The second kappa shape index (κ2) is 10.1. The van der Waals surface area contributed by atoms with Crippen molar-refractivity contribution in [3.8, 4) is 0 Å². The van der Waals surface area contributed by atoms with Crippen LogP contribution in [0.25, 0.3) is 23.3 Å². The van der Waals surface area contributed by atoms with E-state index in [1.807, 2.05) is 97.1 Å². The number of allylic oxidation sites excluding steroid dienone is 2. The summed E-state index contributed by atoms with van der Waals surface area (Å²) in [5.74, 6) is 0.950. The molecule has 2 aromatic carbocycles. The van der Waals surface area contributed by atoms with Crippen molar-refractivity contribution < 1.29 is 13.6 Å². The Kier molecular flexibility index (Phi) is 6.58. The van der Waals surface area contributed by atoms with Crippen molar-refractivity contribution >= 4 is 34.9 Å². The van der Waals surface area contributed by atoms with Crippen molar-refractivity contribution in [2.24, 2.45) is 5.10 Å².